The molecule has 0 spiro atoms. The first-order chi connectivity index (χ1) is 6.91. The van der Waals surface area contributed by atoms with Gasteiger partial charge < -0.3 is 5.11 Å². The van der Waals surface area contributed by atoms with Crippen molar-refractivity contribution >= 4 is 10.2 Å². The average molecular weight is 238 g/mol. The molecule has 0 fully saturated rings. The van der Waals surface area contributed by atoms with Crippen molar-refractivity contribution in [1.29, 1.82) is 0 Å². The zero-order valence-electron chi connectivity index (χ0n) is 9.66. The maximum atomic E-state index is 11.4. The van der Waals surface area contributed by atoms with Crippen LogP contribution in [0.15, 0.2) is 0 Å². The van der Waals surface area contributed by atoms with E-state index in [-0.39, 0.29) is 18.6 Å². The van der Waals surface area contributed by atoms with Gasteiger partial charge in [-0.15, -0.1) is 0 Å². The summed E-state index contributed by atoms with van der Waals surface area (Å²) in [6, 6.07) is -0.111. The Kier molecular flexibility index (Phi) is 7.08. The molecule has 0 aromatic carbocycles. The van der Waals surface area contributed by atoms with Crippen molar-refractivity contribution in [2.24, 2.45) is 5.92 Å². The number of aliphatic hydroxyl groups excluding tert-OH is 1. The molecule has 3 N–H and O–H groups in total. The van der Waals surface area contributed by atoms with E-state index in [9.17, 15) is 8.42 Å². The molecule has 0 bridgehead atoms. The Hall–Kier alpha value is -0.170. The Bertz CT molecular complexity index is 252. The molecule has 0 aliphatic carbocycles. The second-order valence-corrected chi connectivity index (χ2v) is 5.44. The van der Waals surface area contributed by atoms with Gasteiger partial charge in [0.05, 0.1) is 0 Å². The maximum Gasteiger partial charge on any atom is 0.277 e. The summed E-state index contributed by atoms with van der Waals surface area (Å²) in [5.74, 6) is 0.193. The standard InChI is InChI=1S/C9H22N2O3S/c1-4-9(5-6-12)7-10-15(13,14)11-8(2)3/h8-12H,4-7H2,1-3H3. The highest BCUT2D eigenvalue weighted by Gasteiger charge is 2.13. The zero-order chi connectivity index (χ0) is 11.9. The molecule has 15 heavy (non-hydrogen) atoms. The fraction of sp³-hybridized carbons (Fsp3) is 1.00. The zero-order valence-corrected chi connectivity index (χ0v) is 10.5. The van der Waals surface area contributed by atoms with E-state index in [1.807, 2.05) is 6.92 Å². The first kappa shape index (κ1) is 14.8. The van der Waals surface area contributed by atoms with Crippen LogP contribution in [0.25, 0.3) is 0 Å². The van der Waals surface area contributed by atoms with E-state index in [4.69, 9.17) is 5.11 Å². The minimum atomic E-state index is -3.39. The van der Waals surface area contributed by atoms with Gasteiger partial charge in [0, 0.05) is 19.2 Å². The molecule has 1 unspecified atom stereocenters. The minimum Gasteiger partial charge on any atom is -0.396 e. The van der Waals surface area contributed by atoms with Crippen LogP contribution in [-0.4, -0.2) is 32.7 Å². The van der Waals surface area contributed by atoms with Crippen LogP contribution in [0.3, 0.4) is 0 Å². The van der Waals surface area contributed by atoms with Crippen molar-refractivity contribution in [3.63, 3.8) is 0 Å². The first-order valence-electron chi connectivity index (χ1n) is 5.29. The third-order valence-corrected chi connectivity index (χ3v) is 3.40. The van der Waals surface area contributed by atoms with Crippen LogP contribution in [0.1, 0.15) is 33.6 Å². The average Bonchev–Trinajstić information content (AvgIpc) is 2.10. The molecule has 1 atom stereocenters. The molecule has 6 heteroatoms. The normalized spacial score (nSPS) is 14.5. The topological polar surface area (TPSA) is 78.4 Å². The molecular formula is C9H22N2O3S. The fourth-order valence-electron chi connectivity index (χ4n) is 1.21. The Morgan fingerprint density at radius 1 is 1.33 bits per heavy atom. The summed E-state index contributed by atoms with van der Waals surface area (Å²) in [5.41, 5.74) is 0. The van der Waals surface area contributed by atoms with Gasteiger partial charge in [-0.2, -0.15) is 13.1 Å². The molecule has 0 radical (unpaired) electrons. The summed E-state index contributed by atoms with van der Waals surface area (Å²) >= 11 is 0. The molecule has 0 aromatic heterocycles. The summed E-state index contributed by atoms with van der Waals surface area (Å²) in [5, 5.41) is 8.75. The Balaban J connectivity index is 4.01. The van der Waals surface area contributed by atoms with Crippen molar-refractivity contribution < 1.29 is 13.5 Å². The summed E-state index contributed by atoms with van der Waals surface area (Å²) in [4.78, 5) is 0. The van der Waals surface area contributed by atoms with Gasteiger partial charge in [0.2, 0.25) is 0 Å². The van der Waals surface area contributed by atoms with Crippen LogP contribution in [0.4, 0.5) is 0 Å². The SMILES string of the molecule is CCC(CCO)CNS(=O)(=O)NC(C)C. The van der Waals surface area contributed by atoms with E-state index < -0.39 is 10.2 Å². The monoisotopic (exact) mass is 238 g/mol. The summed E-state index contributed by atoms with van der Waals surface area (Å²) in [7, 11) is -3.39. The molecule has 5 nitrogen and oxygen atoms in total. The molecule has 0 aromatic rings. The van der Waals surface area contributed by atoms with Crippen molar-refractivity contribution in [2.75, 3.05) is 13.2 Å². The molecule has 0 rings (SSSR count). The van der Waals surface area contributed by atoms with Gasteiger partial charge >= 0.3 is 0 Å². The lowest BCUT2D eigenvalue weighted by Gasteiger charge is -2.15. The summed E-state index contributed by atoms with van der Waals surface area (Å²) in [6.45, 7) is 5.98. The Labute approximate surface area is 92.4 Å². The predicted molar refractivity (Wildman–Crippen MR) is 60.7 cm³/mol. The van der Waals surface area contributed by atoms with E-state index in [1.54, 1.807) is 13.8 Å². The fourth-order valence-corrected chi connectivity index (χ4v) is 2.37. The molecule has 0 amide bonds. The number of hydrogen-bond acceptors (Lipinski definition) is 3. The van der Waals surface area contributed by atoms with Gasteiger partial charge in [0.1, 0.15) is 0 Å². The van der Waals surface area contributed by atoms with E-state index in [0.29, 0.717) is 13.0 Å². The molecule has 92 valence electrons. The Morgan fingerprint density at radius 2 is 1.93 bits per heavy atom. The number of hydrogen-bond donors (Lipinski definition) is 3. The van der Waals surface area contributed by atoms with Crippen molar-refractivity contribution in [1.82, 2.24) is 9.44 Å². The Morgan fingerprint density at radius 3 is 2.33 bits per heavy atom. The highest BCUT2D eigenvalue weighted by atomic mass is 32.2. The van der Waals surface area contributed by atoms with Gasteiger partial charge in [-0.05, 0) is 26.2 Å². The lowest BCUT2D eigenvalue weighted by molar-refractivity contribution is 0.254. The molecule has 0 saturated carbocycles. The van der Waals surface area contributed by atoms with E-state index in [0.717, 1.165) is 6.42 Å². The highest BCUT2D eigenvalue weighted by molar-refractivity contribution is 7.87. The van der Waals surface area contributed by atoms with Crippen LogP contribution < -0.4 is 9.44 Å². The second kappa shape index (κ2) is 7.16. The van der Waals surface area contributed by atoms with Gasteiger partial charge in [-0.1, -0.05) is 13.3 Å². The smallest absolute Gasteiger partial charge is 0.277 e. The third kappa shape index (κ3) is 7.72. The second-order valence-electron chi connectivity index (χ2n) is 3.91. The molecule has 0 saturated heterocycles. The predicted octanol–water partition coefficient (Wildman–Crippen LogP) is 0.227. The van der Waals surface area contributed by atoms with Crippen LogP contribution in [0.2, 0.25) is 0 Å². The van der Waals surface area contributed by atoms with E-state index in [2.05, 4.69) is 9.44 Å². The highest BCUT2D eigenvalue weighted by Crippen LogP contribution is 2.05. The van der Waals surface area contributed by atoms with Crippen LogP contribution >= 0.6 is 0 Å². The number of aliphatic hydroxyl groups is 1. The maximum absolute atomic E-state index is 11.4. The first-order valence-corrected chi connectivity index (χ1v) is 6.77. The van der Waals surface area contributed by atoms with Crippen LogP contribution in [0, 0.1) is 5.92 Å². The quantitative estimate of drug-likeness (QED) is 0.566. The van der Waals surface area contributed by atoms with Gasteiger partial charge in [0.25, 0.3) is 10.2 Å². The third-order valence-electron chi connectivity index (χ3n) is 2.07. The van der Waals surface area contributed by atoms with Crippen molar-refractivity contribution in [3.8, 4) is 0 Å². The molecule has 0 heterocycles. The number of rotatable bonds is 8. The van der Waals surface area contributed by atoms with Gasteiger partial charge in [-0.3, -0.25) is 0 Å². The van der Waals surface area contributed by atoms with Gasteiger partial charge in [-0.25, -0.2) is 4.72 Å². The van der Waals surface area contributed by atoms with Crippen molar-refractivity contribution in [2.45, 2.75) is 39.7 Å². The lowest BCUT2D eigenvalue weighted by atomic mass is 10.0. The van der Waals surface area contributed by atoms with E-state index >= 15 is 0 Å². The van der Waals surface area contributed by atoms with Gasteiger partial charge in [0.15, 0.2) is 0 Å². The van der Waals surface area contributed by atoms with E-state index in [1.165, 1.54) is 0 Å². The summed E-state index contributed by atoms with van der Waals surface area (Å²) in [6.07, 6.45) is 1.48. The molecule has 0 aliphatic heterocycles. The van der Waals surface area contributed by atoms with Crippen molar-refractivity contribution in [3.05, 3.63) is 0 Å². The van der Waals surface area contributed by atoms with Crippen LogP contribution in [-0.2, 0) is 10.2 Å². The lowest BCUT2D eigenvalue weighted by Crippen LogP contribution is -2.42. The van der Waals surface area contributed by atoms with Crippen LogP contribution in [0.5, 0.6) is 0 Å². The summed E-state index contributed by atoms with van der Waals surface area (Å²) < 4.78 is 27.7. The number of nitrogens with one attached hydrogen (secondary N) is 2. The molecule has 0 aliphatic rings. The molecular weight excluding hydrogens is 216 g/mol. The largest absolute Gasteiger partial charge is 0.396 e. The minimum absolute atomic E-state index is 0.0951.